The molecule has 6 nitrogen and oxygen atoms in total. The molecule has 0 aliphatic heterocycles. The number of nitrogens with zero attached hydrogens (tertiary/aromatic N) is 1. The predicted octanol–water partition coefficient (Wildman–Crippen LogP) is 1.70. The first-order valence-electron chi connectivity index (χ1n) is 6.72. The first-order valence-corrected chi connectivity index (χ1v) is 8.16. The summed E-state index contributed by atoms with van der Waals surface area (Å²) >= 11 is 0. The van der Waals surface area contributed by atoms with Crippen molar-refractivity contribution in [3.8, 4) is 0 Å². The molecule has 0 spiro atoms. The highest BCUT2D eigenvalue weighted by Crippen LogP contribution is 2.21. The summed E-state index contributed by atoms with van der Waals surface area (Å²) in [6.07, 6.45) is 1.24. The van der Waals surface area contributed by atoms with Gasteiger partial charge in [-0.2, -0.15) is 0 Å². The van der Waals surface area contributed by atoms with Crippen molar-refractivity contribution in [3.63, 3.8) is 0 Å². The number of aliphatic hydroxyl groups is 1. The number of rotatable bonds is 5. The van der Waals surface area contributed by atoms with Crippen LogP contribution in [0.4, 0.5) is 0 Å². The second kappa shape index (κ2) is 6.33. The standard InChI is InChI=1S/C15H17NO5S/c1-3-21-15(18)13-8-9-16(14(13)10-17)22(19,20)12-6-4-11(2)5-7-12/h4-9,17H,3,10H2,1-2H3. The van der Waals surface area contributed by atoms with Crippen LogP contribution in [0, 0.1) is 6.92 Å². The van der Waals surface area contributed by atoms with E-state index in [2.05, 4.69) is 0 Å². The number of esters is 1. The second-order valence-electron chi connectivity index (χ2n) is 4.67. The normalized spacial score (nSPS) is 11.4. The zero-order chi connectivity index (χ0) is 16.3. The van der Waals surface area contributed by atoms with Gasteiger partial charge in [0.1, 0.15) is 0 Å². The Labute approximate surface area is 129 Å². The van der Waals surface area contributed by atoms with Crippen LogP contribution in [-0.2, 0) is 21.4 Å². The van der Waals surface area contributed by atoms with E-state index in [-0.39, 0.29) is 22.8 Å². The average Bonchev–Trinajstić information content (AvgIpc) is 2.92. The highest BCUT2D eigenvalue weighted by atomic mass is 32.2. The Hall–Kier alpha value is -2.12. The number of ether oxygens (including phenoxy) is 1. The first-order chi connectivity index (χ1) is 10.4. The van der Waals surface area contributed by atoms with Gasteiger partial charge in [0.2, 0.25) is 0 Å². The van der Waals surface area contributed by atoms with Crippen LogP contribution in [0.15, 0.2) is 41.4 Å². The highest BCUT2D eigenvalue weighted by Gasteiger charge is 2.24. The molecule has 0 atom stereocenters. The zero-order valence-corrected chi connectivity index (χ0v) is 13.1. The van der Waals surface area contributed by atoms with Gasteiger partial charge in [-0.25, -0.2) is 17.2 Å². The molecule has 0 aliphatic rings. The molecule has 0 saturated carbocycles. The lowest BCUT2D eigenvalue weighted by molar-refractivity contribution is 0.0523. The molecule has 0 radical (unpaired) electrons. The zero-order valence-electron chi connectivity index (χ0n) is 12.3. The van der Waals surface area contributed by atoms with Gasteiger partial charge in [-0.05, 0) is 32.0 Å². The van der Waals surface area contributed by atoms with Crippen molar-refractivity contribution in [2.45, 2.75) is 25.3 Å². The summed E-state index contributed by atoms with van der Waals surface area (Å²) in [5, 5.41) is 9.47. The fourth-order valence-corrected chi connectivity index (χ4v) is 3.42. The molecule has 0 saturated heterocycles. The van der Waals surface area contributed by atoms with Crippen LogP contribution in [0.3, 0.4) is 0 Å². The van der Waals surface area contributed by atoms with E-state index in [1.165, 1.54) is 24.4 Å². The van der Waals surface area contributed by atoms with Gasteiger partial charge in [-0.1, -0.05) is 17.7 Å². The maximum atomic E-state index is 12.6. The molecule has 0 bridgehead atoms. The van der Waals surface area contributed by atoms with Gasteiger partial charge >= 0.3 is 5.97 Å². The van der Waals surface area contributed by atoms with Crippen LogP contribution < -0.4 is 0 Å². The van der Waals surface area contributed by atoms with E-state index >= 15 is 0 Å². The largest absolute Gasteiger partial charge is 0.462 e. The molecule has 1 N–H and O–H groups in total. The van der Waals surface area contributed by atoms with Gasteiger partial charge in [0.15, 0.2) is 0 Å². The van der Waals surface area contributed by atoms with Crippen LogP contribution in [0.5, 0.6) is 0 Å². The molecule has 1 heterocycles. The molecule has 0 fully saturated rings. The summed E-state index contributed by atoms with van der Waals surface area (Å²) < 4.78 is 31.0. The lowest BCUT2D eigenvalue weighted by Gasteiger charge is -2.10. The van der Waals surface area contributed by atoms with E-state index in [0.717, 1.165) is 9.54 Å². The van der Waals surface area contributed by atoms with Crippen LogP contribution in [0.2, 0.25) is 0 Å². The summed E-state index contributed by atoms with van der Waals surface area (Å²) in [4.78, 5) is 11.9. The number of hydrogen-bond acceptors (Lipinski definition) is 5. The van der Waals surface area contributed by atoms with E-state index in [0.29, 0.717) is 0 Å². The summed E-state index contributed by atoms with van der Waals surface area (Å²) in [5.41, 5.74) is 0.958. The van der Waals surface area contributed by atoms with E-state index < -0.39 is 22.6 Å². The van der Waals surface area contributed by atoms with Crippen molar-refractivity contribution in [1.29, 1.82) is 0 Å². The fourth-order valence-electron chi connectivity index (χ4n) is 2.05. The summed E-state index contributed by atoms with van der Waals surface area (Å²) in [6.45, 7) is 3.08. The quantitative estimate of drug-likeness (QED) is 0.847. The van der Waals surface area contributed by atoms with Gasteiger partial charge in [0, 0.05) is 6.20 Å². The third kappa shape index (κ3) is 2.90. The lowest BCUT2D eigenvalue weighted by Crippen LogP contribution is -2.17. The molecule has 0 aliphatic carbocycles. The minimum absolute atomic E-state index is 0.0148. The molecule has 1 aromatic carbocycles. The number of aryl methyl sites for hydroxylation is 1. The van der Waals surface area contributed by atoms with Crippen molar-refractivity contribution < 1.29 is 23.1 Å². The van der Waals surface area contributed by atoms with Crippen LogP contribution in [0.1, 0.15) is 28.5 Å². The van der Waals surface area contributed by atoms with E-state index in [9.17, 15) is 18.3 Å². The molecule has 2 aromatic rings. The van der Waals surface area contributed by atoms with Gasteiger partial charge < -0.3 is 9.84 Å². The number of aromatic nitrogens is 1. The molecular weight excluding hydrogens is 306 g/mol. The summed E-state index contributed by atoms with van der Waals surface area (Å²) in [5.74, 6) is -0.663. The maximum absolute atomic E-state index is 12.6. The monoisotopic (exact) mass is 323 g/mol. The number of aliphatic hydroxyl groups excluding tert-OH is 1. The van der Waals surface area contributed by atoms with Gasteiger partial charge in [0.05, 0.1) is 29.4 Å². The summed E-state index contributed by atoms with van der Waals surface area (Å²) in [7, 11) is -3.88. The molecule has 7 heteroatoms. The van der Waals surface area contributed by atoms with Crippen molar-refractivity contribution >= 4 is 16.0 Å². The second-order valence-corrected chi connectivity index (χ2v) is 6.48. The molecule has 2 rings (SSSR count). The maximum Gasteiger partial charge on any atom is 0.340 e. The third-order valence-corrected chi connectivity index (χ3v) is 4.90. The van der Waals surface area contributed by atoms with Crippen molar-refractivity contribution in [1.82, 2.24) is 3.97 Å². The van der Waals surface area contributed by atoms with Crippen molar-refractivity contribution in [2.24, 2.45) is 0 Å². The first kappa shape index (κ1) is 16.3. The Morgan fingerprint density at radius 3 is 2.41 bits per heavy atom. The van der Waals surface area contributed by atoms with E-state index in [1.807, 2.05) is 6.92 Å². The number of carbonyl (C=O) groups excluding carboxylic acids is 1. The average molecular weight is 323 g/mol. The van der Waals surface area contributed by atoms with Crippen LogP contribution in [-0.4, -0.2) is 30.1 Å². The topological polar surface area (TPSA) is 85.6 Å². The highest BCUT2D eigenvalue weighted by molar-refractivity contribution is 7.90. The number of hydrogen-bond donors (Lipinski definition) is 1. The molecule has 22 heavy (non-hydrogen) atoms. The third-order valence-electron chi connectivity index (χ3n) is 3.18. The summed E-state index contributed by atoms with van der Waals surface area (Å²) in [6, 6.07) is 7.66. The molecular formula is C15H17NO5S. The van der Waals surface area contributed by atoms with E-state index in [4.69, 9.17) is 4.74 Å². The Morgan fingerprint density at radius 2 is 1.86 bits per heavy atom. The van der Waals surface area contributed by atoms with Gasteiger partial charge in [0.25, 0.3) is 10.0 Å². The Morgan fingerprint density at radius 1 is 1.23 bits per heavy atom. The van der Waals surface area contributed by atoms with Crippen molar-refractivity contribution in [3.05, 3.63) is 53.3 Å². The molecule has 118 valence electrons. The van der Waals surface area contributed by atoms with Gasteiger partial charge in [-0.15, -0.1) is 0 Å². The fraction of sp³-hybridized carbons (Fsp3) is 0.267. The molecule has 1 aromatic heterocycles. The Bertz CT molecular complexity index is 775. The molecule has 0 amide bonds. The lowest BCUT2D eigenvalue weighted by atomic mass is 10.2. The SMILES string of the molecule is CCOC(=O)c1ccn(S(=O)(=O)c2ccc(C)cc2)c1CO. The Balaban J connectivity index is 2.52. The predicted molar refractivity (Wildman–Crippen MR) is 80.1 cm³/mol. The number of carbonyl (C=O) groups is 1. The van der Waals surface area contributed by atoms with Crippen molar-refractivity contribution in [2.75, 3.05) is 6.61 Å². The van der Waals surface area contributed by atoms with Gasteiger partial charge in [-0.3, -0.25) is 0 Å². The Kier molecular flexibility index (Phi) is 4.68. The number of benzene rings is 1. The smallest absolute Gasteiger partial charge is 0.340 e. The van der Waals surface area contributed by atoms with Crippen LogP contribution >= 0.6 is 0 Å². The minimum Gasteiger partial charge on any atom is -0.462 e. The minimum atomic E-state index is -3.88. The molecule has 0 unspecified atom stereocenters. The van der Waals surface area contributed by atoms with Crippen LogP contribution in [0.25, 0.3) is 0 Å². The van der Waals surface area contributed by atoms with E-state index in [1.54, 1.807) is 19.1 Å².